The van der Waals surface area contributed by atoms with Crippen molar-refractivity contribution in [2.45, 2.75) is 6.54 Å². The van der Waals surface area contributed by atoms with Crippen LogP contribution in [0.1, 0.15) is 26.3 Å². The van der Waals surface area contributed by atoms with Crippen LogP contribution in [0.3, 0.4) is 0 Å². The van der Waals surface area contributed by atoms with Crippen molar-refractivity contribution in [2.75, 3.05) is 0 Å². The SMILES string of the molecule is O=C(O)c1cccc(Cn2c(=O)n(-c3ccc(C(=O)O)cc3F)c3cc(Cl)ccc32)c1. The Hall–Kier alpha value is -3.91. The Morgan fingerprint density at radius 3 is 2.29 bits per heavy atom. The number of carboxylic acid groups (broad SMARTS) is 2. The van der Waals surface area contributed by atoms with Crippen molar-refractivity contribution in [1.82, 2.24) is 9.13 Å². The molecular weight excluding hydrogens is 427 g/mol. The molecule has 0 aliphatic carbocycles. The van der Waals surface area contributed by atoms with Crippen molar-refractivity contribution >= 4 is 34.6 Å². The number of hydrogen-bond donors (Lipinski definition) is 2. The van der Waals surface area contributed by atoms with E-state index in [9.17, 15) is 23.9 Å². The van der Waals surface area contributed by atoms with Gasteiger partial charge < -0.3 is 10.2 Å². The van der Waals surface area contributed by atoms with Crippen LogP contribution >= 0.6 is 11.6 Å². The van der Waals surface area contributed by atoms with Crippen molar-refractivity contribution in [2.24, 2.45) is 0 Å². The first-order valence-electron chi connectivity index (χ1n) is 9.02. The molecule has 0 saturated carbocycles. The molecule has 0 unspecified atom stereocenters. The number of rotatable bonds is 5. The predicted octanol–water partition coefficient (Wildman–Crippen LogP) is 4.03. The van der Waals surface area contributed by atoms with Crippen LogP contribution in [-0.2, 0) is 6.54 Å². The summed E-state index contributed by atoms with van der Waals surface area (Å²) in [6, 6.07) is 14.1. The molecule has 0 aliphatic heterocycles. The molecule has 156 valence electrons. The molecule has 0 atom stereocenters. The van der Waals surface area contributed by atoms with Crippen LogP contribution in [0.15, 0.2) is 65.5 Å². The molecule has 9 heteroatoms. The predicted molar refractivity (Wildman–Crippen MR) is 112 cm³/mol. The van der Waals surface area contributed by atoms with Gasteiger partial charge in [0.2, 0.25) is 0 Å². The van der Waals surface area contributed by atoms with E-state index in [1.165, 1.54) is 34.9 Å². The Morgan fingerprint density at radius 1 is 0.903 bits per heavy atom. The van der Waals surface area contributed by atoms with Crippen molar-refractivity contribution in [3.8, 4) is 5.69 Å². The monoisotopic (exact) mass is 440 g/mol. The third kappa shape index (κ3) is 3.69. The van der Waals surface area contributed by atoms with Crippen LogP contribution in [0.25, 0.3) is 16.7 Å². The maximum Gasteiger partial charge on any atom is 0.335 e. The summed E-state index contributed by atoms with van der Waals surface area (Å²) in [5, 5.41) is 18.6. The first-order chi connectivity index (χ1) is 14.8. The molecular formula is C22H14ClFN2O5. The van der Waals surface area contributed by atoms with E-state index in [1.807, 2.05) is 0 Å². The van der Waals surface area contributed by atoms with Crippen LogP contribution in [0.5, 0.6) is 0 Å². The number of benzene rings is 3. The molecule has 0 radical (unpaired) electrons. The highest BCUT2D eigenvalue weighted by atomic mass is 35.5. The maximum atomic E-state index is 14.8. The lowest BCUT2D eigenvalue weighted by atomic mass is 10.1. The molecule has 3 aromatic carbocycles. The Labute approximate surface area is 179 Å². The largest absolute Gasteiger partial charge is 0.478 e. The van der Waals surface area contributed by atoms with Crippen molar-refractivity contribution in [3.05, 3.63) is 98.7 Å². The number of aromatic nitrogens is 2. The van der Waals surface area contributed by atoms with E-state index in [0.717, 1.165) is 10.6 Å². The molecule has 1 aromatic heterocycles. The summed E-state index contributed by atoms with van der Waals surface area (Å²) in [5.41, 5.74) is 0.470. The zero-order valence-electron chi connectivity index (χ0n) is 15.8. The van der Waals surface area contributed by atoms with Crippen LogP contribution < -0.4 is 5.69 Å². The van der Waals surface area contributed by atoms with Gasteiger partial charge in [0, 0.05) is 5.02 Å². The van der Waals surface area contributed by atoms with E-state index >= 15 is 0 Å². The summed E-state index contributed by atoms with van der Waals surface area (Å²) in [5.74, 6) is -3.26. The van der Waals surface area contributed by atoms with Gasteiger partial charge in [-0.05, 0) is 54.1 Å². The molecule has 2 N–H and O–H groups in total. The number of carboxylic acids is 2. The first-order valence-corrected chi connectivity index (χ1v) is 9.40. The molecule has 1 heterocycles. The quantitative estimate of drug-likeness (QED) is 0.488. The van der Waals surface area contributed by atoms with Crippen molar-refractivity contribution in [1.29, 1.82) is 0 Å². The highest BCUT2D eigenvalue weighted by molar-refractivity contribution is 6.31. The summed E-state index contributed by atoms with van der Waals surface area (Å²) >= 11 is 6.10. The smallest absolute Gasteiger partial charge is 0.335 e. The maximum absolute atomic E-state index is 14.8. The van der Waals surface area contributed by atoms with Gasteiger partial charge >= 0.3 is 17.6 Å². The highest BCUT2D eigenvalue weighted by Gasteiger charge is 2.19. The molecule has 0 saturated heterocycles. The Balaban J connectivity index is 1.93. The topological polar surface area (TPSA) is 102 Å². The molecule has 0 amide bonds. The van der Waals surface area contributed by atoms with Gasteiger partial charge in [-0.1, -0.05) is 23.7 Å². The van der Waals surface area contributed by atoms with Gasteiger partial charge in [-0.15, -0.1) is 0 Å². The highest BCUT2D eigenvalue weighted by Crippen LogP contribution is 2.24. The van der Waals surface area contributed by atoms with E-state index in [2.05, 4.69) is 0 Å². The number of halogens is 2. The minimum atomic E-state index is -1.29. The average Bonchev–Trinajstić information content (AvgIpc) is 2.99. The number of carbonyl (C=O) groups is 2. The number of fused-ring (bicyclic) bond motifs is 1. The second-order valence-electron chi connectivity index (χ2n) is 6.81. The average molecular weight is 441 g/mol. The third-order valence-corrected chi connectivity index (χ3v) is 5.08. The summed E-state index contributed by atoms with van der Waals surface area (Å²) in [6.45, 7) is 0.0416. The first kappa shape index (κ1) is 20.4. The fraction of sp³-hybridized carbons (Fsp3) is 0.0455. The number of hydrogen-bond acceptors (Lipinski definition) is 3. The van der Waals surface area contributed by atoms with Gasteiger partial charge in [0.15, 0.2) is 0 Å². The minimum Gasteiger partial charge on any atom is -0.478 e. The molecule has 0 fully saturated rings. The van der Waals surface area contributed by atoms with Crippen LogP contribution in [0.2, 0.25) is 5.02 Å². The Bertz CT molecular complexity index is 1420. The third-order valence-electron chi connectivity index (χ3n) is 4.84. The molecule has 0 bridgehead atoms. The van der Waals surface area contributed by atoms with Gasteiger partial charge in [0.25, 0.3) is 0 Å². The second kappa shape index (κ2) is 7.73. The van der Waals surface area contributed by atoms with Gasteiger partial charge in [0.05, 0.1) is 34.4 Å². The summed E-state index contributed by atoms with van der Waals surface area (Å²) in [4.78, 5) is 35.6. The standard InChI is InChI=1S/C22H14ClFN2O5/c23-15-5-7-18-19(10-15)26(17-6-4-14(21(29)30)9-16(17)24)22(31)25(18)11-12-2-1-3-13(8-12)20(27)28/h1-10H,11H2,(H,27,28)(H,29,30). The molecule has 31 heavy (non-hydrogen) atoms. The summed E-state index contributed by atoms with van der Waals surface area (Å²) < 4.78 is 17.2. The zero-order chi connectivity index (χ0) is 22.3. The lowest BCUT2D eigenvalue weighted by molar-refractivity contribution is 0.0686. The van der Waals surface area contributed by atoms with Crippen LogP contribution in [0, 0.1) is 5.82 Å². The molecule has 7 nitrogen and oxygen atoms in total. The Morgan fingerprint density at radius 2 is 1.61 bits per heavy atom. The van der Waals surface area contributed by atoms with E-state index < -0.39 is 23.4 Å². The number of nitrogens with zero attached hydrogens (tertiary/aromatic N) is 2. The minimum absolute atomic E-state index is 0.0416. The van der Waals surface area contributed by atoms with E-state index in [0.29, 0.717) is 21.6 Å². The lowest BCUT2D eigenvalue weighted by Gasteiger charge is -2.06. The van der Waals surface area contributed by atoms with E-state index in [1.54, 1.807) is 24.3 Å². The fourth-order valence-electron chi connectivity index (χ4n) is 3.42. The Kier molecular flexibility index (Phi) is 5.08. The normalized spacial score (nSPS) is 11.0. The van der Waals surface area contributed by atoms with Gasteiger partial charge in [-0.25, -0.2) is 18.8 Å². The van der Waals surface area contributed by atoms with E-state index in [-0.39, 0.29) is 23.4 Å². The summed E-state index contributed by atoms with van der Waals surface area (Å²) in [6.07, 6.45) is 0. The zero-order valence-corrected chi connectivity index (χ0v) is 16.5. The van der Waals surface area contributed by atoms with Gasteiger partial charge in [-0.3, -0.25) is 9.13 Å². The number of aromatic carboxylic acids is 2. The van der Waals surface area contributed by atoms with Gasteiger partial charge in [0.1, 0.15) is 5.82 Å². The molecule has 0 spiro atoms. The van der Waals surface area contributed by atoms with Crippen LogP contribution in [0.4, 0.5) is 4.39 Å². The van der Waals surface area contributed by atoms with Crippen molar-refractivity contribution < 1.29 is 24.2 Å². The van der Waals surface area contributed by atoms with Crippen molar-refractivity contribution in [3.63, 3.8) is 0 Å². The lowest BCUT2D eigenvalue weighted by Crippen LogP contribution is -2.24. The second-order valence-corrected chi connectivity index (χ2v) is 7.25. The summed E-state index contributed by atoms with van der Waals surface area (Å²) in [7, 11) is 0. The fourth-order valence-corrected chi connectivity index (χ4v) is 3.59. The number of imidazole rings is 1. The van der Waals surface area contributed by atoms with E-state index in [4.69, 9.17) is 16.7 Å². The molecule has 0 aliphatic rings. The van der Waals surface area contributed by atoms with Gasteiger partial charge in [-0.2, -0.15) is 0 Å². The molecule has 4 rings (SSSR count). The van der Waals surface area contributed by atoms with Crippen LogP contribution in [-0.4, -0.2) is 31.3 Å². The molecule has 4 aromatic rings.